The van der Waals surface area contributed by atoms with Crippen molar-refractivity contribution in [3.63, 3.8) is 0 Å². The maximum atomic E-state index is 12.8. The van der Waals surface area contributed by atoms with Gasteiger partial charge in [-0.3, -0.25) is 4.79 Å². The zero-order chi connectivity index (χ0) is 27.6. The summed E-state index contributed by atoms with van der Waals surface area (Å²) >= 11 is 0. The molecule has 1 heterocycles. The normalized spacial score (nSPS) is 29.9. The average Bonchev–Trinajstić information content (AvgIpc) is 3.48. The molecule has 1 saturated carbocycles. The molecule has 0 aromatic rings. The number of carbonyl (C=O) groups excluding carboxylic acids is 3. The fraction of sp³-hybridized carbons (Fsp3) is 0.667. The van der Waals surface area contributed by atoms with Crippen LogP contribution in [-0.2, 0) is 33.3 Å². The fourth-order valence-electron chi connectivity index (χ4n) is 4.26. The Morgan fingerprint density at radius 3 is 2.17 bits per heavy atom. The second kappa shape index (κ2) is 11.3. The molecule has 2 N–H and O–H groups in total. The Morgan fingerprint density at radius 1 is 1.11 bits per heavy atom. The third-order valence-corrected chi connectivity index (χ3v) is 7.14. The smallest absolute Gasteiger partial charge is 0.333 e. The highest BCUT2D eigenvalue weighted by molar-refractivity contribution is 5.88. The number of ether oxygens (including phenoxy) is 4. The Hall–Kier alpha value is -2.49. The summed E-state index contributed by atoms with van der Waals surface area (Å²) in [7, 11) is 0. The maximum Gasteiger partial charge on any atom is 0.333 e. The van der Waals surface area contributed by atoms with E-state index in [4.69, 9.17) is 18.9 Å². The maximum absolute atomic E-state index is 12.8. The monoisotopic (exact) mass is 508 g/mol. The number of epoxide rings is 1. The molecule has 1 aliphatic carbocycles. The largest absolute Gasteiger partial charge is 0.455 e. The number of esters is 3. The second-order valence-electron chi connectivity index (χ2n) is 10.3. The summed E-state index contributed by atoms with van der Waals surface area (Å²) in [5, 5.41) is 20.9. The van der Waals surface area contributed by atoms with Gasteiger partial charge in [-0.25, -0.2) is 9.59 Å². The van der Waals surface area contributed by atoms with E-state index >= 15 is 0 Å². The topological polar surface area (TPSA) is 132 Å². The number of hydrogen-bond donors (Lipinski definition) is 2. The van der Waals surface area contributed by atoms with Gasteiger partial charge in [-0.15, -0.1) is 0 Å². The molecule has 1 aliphatic heterocycles. The minimum Gasteiger partial charge on any atom is -0.455 e. The van der Waals surface area contributed by atoms with Crippen LogP contribution < -0.4 is 0 Å². The summed E-state index contributed by atoms with van der Waals surface area (Å²) in [5.41, 5.74) is -1.22. The number of hydrogen-bond acceptors (Lipinski definition) is 9. The van der Waals surface area contributed by atoms with Crippen molar-refractivity contribution >= 4 is 17.9 Å². The SMILES string of the molecule is C=C(C(CC(O)C(C)(C)O)OC(=O)C(C)=CC)C1CC2OC2(C)C(OC(C)=O)C1OC(=O)C(C)=CC. The molecule has 0 amide bonds. The Kier molecular flexibility index (Phi) is 9.31. The number of rotatable bonds is 10. The molecule has 0 radical (unpaired) electrons. The lowest BCUT2D eigenvalue weighted by atomic mass is 9.73. The third kappa shape index (κ3) is 6.63. The highest BCUT2D eigenvalue weighted by Crippen LogP contribution is 2.53. The molecule has 36 heavy (non-hydrogen) atoms. The Balaban J connectivity index is 2.48. The first kappa shape index (κ1) is 29.7. The number of carbonyl (C=O) groups is 3. The highest BCUT2D eigenvalue weighted by Gasteiger charge is 2.68. The predicted molar refractivity (Wildman–Crippen MR) is 132 cm³/mol. The number of aliphatic hydroxyl groups is 2. The minimum absolute atomic E-state index is 0.142. The van der Waals surface area contributed by atoms with Crippen LogP contribution in [0.15, 0.2) is 35.5 Å². The van der Waals surface area contributed by atoms with E-state index in [1.54, 1.807) is 46.8 Å². The molecule has 202 valence electrons. The second-order valence-corrected chi connectivity index (χ2v) is 10.3. The molecule has 9 heteroatoms. The van der Waals surface area contributed by atoms with Crippen LogP contribution in [0.1, 0.15) is 68.2 Å². The first-order chi connectivity index (χ1) is 16.6. The van der Waals surface area contributed by atoms with Gasteiger partial charge in [-0.1, -0.05) is 18.7 Å². The van der Waals surface area contributed by atoms with Crippen LogP contribution in [0.4, 0.5) is 0 Å². The van der Waals surface area contributed by atoms with Crippen LogP contribution in [0.5, 0.6) is 0 Å². The summed E-state index contributed by atoms with van der Waals surface area (Å²) < 4.78 is 23.1. The highest BCUT2D eigenvalue weighted by atomic mass is 16.7. The lowest BCUT2D eigenvalue weighted by Crippen LogP contribution is -2.54. The van der Waals surface area contributed by atoms with E-state index in [-0.39, 0.29) is 12.5 Å². The third-order valence-electron chi connectivity index (χ3n) is 7.14. The molecular formula is C27H40O9. The molecule has 0 aromatic carbocycles. The molecule has 2 rings (SSSR count). The van der Waals surface area contributed by atoms with Crippen molar-refractivity contribution in [3.05, 3.63) is 35.5 Å². The first-order valence-electron chi connectivity index (χ1n) is 12.2. The average molecular weight is 509 g/mol. The van der Waals surface area contributed by atoms with Crippen molar-refractivity contribution in [2.24, 2.45) is 5.92 Å². The molecule has 2 fully saturated rings. The first-order valence-corrected chi connectivity index (χ1v) is 12.2. The van der Waals surface area contributed by atoms with Crippen molar-refractivity contribution in [2.45, 2.75) is 110 Å². The number of allylic oxidation sites excluding steroid dienone is 2. The summed E-state index contributed by atoms with van der Waals surface area (Å²) in [5.74, 6) is -2.38. The van der Waals surface area contributed by atoms with Gasteiger partial charge in [-0.05, 0) is 60.5 Å². The molecule has 7 unspecified atom stereocenters. The zero-order valence-corrected chi connectivity index (χ0v) is 22.5. The molecule has 0 aromatic heterocycles. The van der Waals surface area contributed by atoms with Crippen LogP contribution in [-0.4, -0.2) is 69.8 Å². The Labute approximate surface area is 213 Å². The quantitative estimate of drug-likeness (QED) is 0.150. The molecule has 7 atom stereocenters. The molecular weight excluding hydrogens is 468 g/mol. The lowest BCUT2D eigenvalue weighted by Gasteiger charge is -2.40. The van der Waals surface area contributed by atoms with E-state index in [9.17, 15) is 24.6 Å². The Bertz CT molecular complexity index is 941. The van der Waals surface area contributed by atoms with Gasteiger partial charge < -0.3 is 29.2 Å². The van der Waals surface area contributed by atoms with E-state index in [1.165, 1.54) is 20.8 Å². The van der Waals surface area contributed by atoms with Gasteiger partial charge in [0.1, 0.15) is 17.8 Å². The van der Waals surface area contributed by atoms with Crippen molar-refractivity contribution in [1.82, 2.24) is 0 Å². The fourth-order valence-corrected chi connectivity index (χ4v) is 4.26. The van der Waals surface area contributed by atoms with Crippen molar-refractivity contribution in [1.29, 1.82) is 0 Å². The molecule has 0 bridgehead atoms. The van der Waals surface area contributed by atoms with Crippen molar-refractivity contribution < 1.29 is 43.5 Å². The Morgan fingerprint density at radius 2 is 1.67 bits per heavy atom. The van der Waals surface area contributed by atoms with Crippen LogP contribution in [0.2, 0.25) is 0 Å². The van der Waals surface area contributed by atoms with Crippen LogP contribution in [0, 0.1) is 5.92 Å². The van der Waals surface area contributed by atoms with Gasteiger partial charge in [0.25, 0.3) is 0 Å². The van der Waals surface area contributed by atoms with Crippen LogP contribution >= 0.6 is 0 Å². The van der Waals surface area contributed by atoms with Crippen LogP contribution in [0.3, 0.4) is 0 Å². The molecule has 1 saturated heterocycles. The summed E-state index contributed by atoms with van der Waals surface area (Å²) in [6, 6.07) is 0. The summed E-state index contributed by atoms with van der Waals surface area (Å²) in [4.78, 5) is 37.4. The lowest BCUT2D eigenvalue weighted by molar-refractivity contribution is -0.176. The van der Waals surface area contributed by atoms with E-state index in [1.807, 2.05) is 0 Å². The zero-order valence-electron chi connectivity index (χ0n) is 22.5. The molecule has 0 spiro atoms. The van der Waals surface area contributed by atoms with Gasteiger partial charge in [0.05, 0.1) is 17.8 Å². The number of fused-ring (bicyclic) bond motifs is 1. The minimum atomic E-state index is -1.47. The van der Waals surface area contributed by atoms with Gasteiger partial charge in [0, 0.05) is 30.4 Å². The van der Waals surface area contributed by atoms with Gasteiger partial charge in [0.15, 0.2) is 6.10 Å². The summed E-state index contributed by atoms with van der Waals surface area (Å²) in [6.07, 6.45) is -1.03. The van der Waals surface area contributed by atoms with Crippen molar-refractivity contribution in [3.8, 4) is 0 Å². The molecule has 9 nitrogen and oxygen atoms in total. The summed E-state index contributed by atoms with van der Waals surface area (Å²) in [6.45, 7) is 16.7. The standard InChI is InChI=1S/C27H40O9/c1-10-14(3)24(30)34-19(13-20(29)26(7,8)32)16(5)18-12-21-27(9,36-21)23(33-17(6)28)22(18)35-25(31)15(4)11-2/h10-11,18-23,29,32H,5,12-13H2,1-4,6-9H3. The van der Waals surface area contributed by atoms with Crippen LogP contribution in [0.25, 0.3) is 0 Å². The van der Waals surface area contributed by atoms with E-state index in [0.29, 0.717) is 23.1 Å². The van der Waals surface area contributed by atoms with Gasteiger partial charge in [-0.2, -0.15) is 0 Å². The van der Waals surface area contributed by atoms with Crippen molar-refractivity contribution in [2.75, 3.05) is 0 Å². The van der Waals surface area contributed by atoms with E-state index in [0.717, 1.165) is 0 Å². The molecule has 2 aliphatic rings. The van der Waals surface area contributed by atoms with Gasteiger partial charge in [0.2, 0.25) is 0 Å². The van der Waals surface area contributed by atoms with E-state index in [2.05, 4.69) is 6.58 Å². The number of aliphatic hydroxyl groups excluding tert-OH is 1. The van der Waals surface area contributed by atoms with Gasteiger partial charge >= 0.3 is 17.9 Å². The predicted octanol–water partition coefficient (Wildman–Crippen LogP) is 2.93. The van der Waals surface area contributed by atoms with E-state index < -0.39 is 59.4 Å².